The number of anilines is 3. The van der Waals surface area contributed by atoms with Crippen molar-refractivity contribution in [2.24, 2.45) is 5.73 Å². The van der Waals surface area contributed by atoms with Crippen molar-refractivity contribution in [3.8, 4) is 0 Å². The molecule has 1 aromatic heterocycles. The van der Waals surface area contributed by atoms with Crippen LogP contribution in [0.4, 0.5) is 16.5 Å². The number of carboxylic acids is 1. The number of nitrogens with one attached hydrogen (secondary N) is 2. The van der Waals surface area contributed by atoms with Crippen LogP contribution < -0.4 is 21.3 Å². The summed E-state index contributed by atoms with van der Waals surface area (Å²) in [4.78, 5) is 33.1. The smallest absolute Gasteiger partial charge is 0.335 e. The molecule has 3 aromatic rings. The molecule has 1 saturated heterocycles. The van der Waals surface area contributed by atoms with E-state index in [-0.39, 0.29) is 5.56 Å². The standard InChI is InChI=1S/C22H23ClN6O4S/c1-28-16-5-2-12(20(31)32)10-15(16)26-22(28,18(19(24)30)29-6-8-33-9-7-29)27-21-25-14-4-3-13(23)11-17(14)34-21/h2-5,10-11,18,26H,6-9H2,1H3,(H2,24,30)(H,25,27)(H,31,32). The summed E-state index contributed by atoms with van der Waals surface area (Å²) in [5, 5.41) is 17.5. The number of carbonyl (C=O) groups excluding carboxylic acids is 1. The minimum absolute atomic E-state index is 0.132. The Morgan fingerprint density at radius 2 is 2.06 bits per heavy atom. The zero-order valence-corrected chi connectivity index (χ0v) is 19.8. The van der Waals surface area contributed by atoms with E-state index in [1.165, 1.54) is 17.4 Å². The van der Waals surface area contributed by atoms with E-state index < -0.39 is 23.7 Å². The second-order valence-electron chi connectivity index (χ2n) is 8.20. The van der Waals surface area contributed by atoms with Crippen LogP contribution >= 0.6 is 22.9 Å². The van der Waals surface area contributed by atoms with Gasteiger partial charge in [0.25, 0.3) is 0 Å². The lowest BCUT2D eigenvalue weighted by atomic mass is 10.0. The molecule has 2 unspecified atom stereocenters. The zero-order valence-electron chi connectivity index (χ0n) is 18.2. The van der Waals surface area contributed by atoms with Gasteiger partial charge in [0.1, 0.15) is 0 Å². The van der Waals surface area contributed by atoms with Crippen molar-refractivity contribution < 1.29 is 19.4 Å². The first-order chi connectivity index (χ1) is 16.3. The predicted molar refractivity (Wildman–Crippen MR) is 132 cm³/mol. The van der Waals surface area contributed by atoms with Crippen LogP contribution in [0.25, 0.3) is 10.2 Å². The third kappa shape index (κ3) is 3.80. The summed E-state index contributed by atoms with van der Waals surface area (Å²) in [6.07, 6.45) is 0. The quantitative estimate of drug-likeness (QED) is 0.401. The van der Waals surface area contributed by atoms with Crippen LogP contribution in [-0.2, 0) is 9.53 Å². The Kier molecular flexibility index (Phi) is 5.72. The molecule has 2 aliphatic heterocycles. The van der Waals surface area contributed by atoms with Crippen LogP contribution in [0.1, 0.15) is 10.4 Å². The highest BCUT2D eigenvalue weighted by Crippen LogP contribution is 2.43. The summed E-state index contributed by atoms with van der Waals surface area (Å²) in [5.41, 5.74) is 8.19. The van der Waals surface area contributed by atoms with Gasteiger partial charge in [-0.3, -0.25) is 9.69 Å². The van der Waals surface area contributed by atoms with Crippen molar-refractivity contribution in [2.45, 2.75) is 11.8 Å². The molecule has 0 aliphatic carbocycles. The first-order valence-corrected chi connectivity index (χ1v) is 11.8. The van der Waals surface area contributed by atoms with E-state index in [0.717, 1.165) is 15.9 Å². The van der Waals surface area contributed by atoms with Crippen molar-refractivity contribution >= 4 is 61.5 Å². The fraction of sp³-hybridized carbons (Fsp3) is 0.318. The number of aromatic nitrogens is 1. The number of carbonyl (C=O) groups is 2. The Morgan fingerprint density at radius 1 is 1.29 bits per heavy atom. The molecule has 10 nitrogen and oxygen atoms in total. The molecule has 1 fully saturated rings. The molecule has 0 saturated carbocycles. The first kappa shape index (κ1) is 22.7. The number of hydrogen-bond donors (Lipinski definition) is 4. The highest BCUT2D eigenvalue weighted by atomic mass is 35.5. The van der Waals surface area contributed by atoms with Gasteiger partial charge in [-0.15, -0.1) is 0 Å². The highest BCUT2D eigenvalue weighted by Gasteiger charge is 2.54. The molecule has 2 atom stereocenters. The summed E-state index contributed by atoms with van der Waals surface area (Å²) in [7, 11) is 1.83. The maximum Gasteiger partial charge on any atom is 0.335 e. The largest absolute Gasteiger partial charge is 0.478 e. The number of likely N-dealkylation sites (N-methyl/N-ethyl adjacent to an activating group) is 1. The molecular weight excluding hydrogens is 480 g/mol. The topological polar surface area (TPSA) is 133 Å². The van der Waals surface area contributed by atoms with Crippen molar-refractivity contribution in [3.63, 3.8) is 0 Å². The molecule has 0 radical (unpaired) electrons. The molecule has 2 aliphatic rings. The fourth-order valence-corrected chi connectivity index (χ4v) is 5.78. The number of ether oxygens (including phenoxy) is 1. The molecule has 2 aromatic carbocycles. The summed E-state index contributed by atoms with van der Waals surface area (Å²) < 4.78 is 6.38. The van der Waals surface area contributed by atoms with Crippen LogP contribution in [0.3, 0.4) is 0 Å². The second kappa shape index (κ2) is 8.58. The number of nitrogens with zero attached hydrogens (tertiary/aromatic N) is 3. The fourth-order valence-electron chi connectivity index (χ4n) is 4.58. The SMILES string of the molecule is CN1c2ccc(C(=O)O)cc2NC1(Nc1nc2ccc(Cl)cc2s1)C(C(N)=O)N1CCOCC1. The van der Waals surface area contributed by atoms with Crippen LogP contribution in [0.15, 0.2) is 36.4 Å². The lowest BCUT2D eigenvalue weighted by molar-refractivity contribution is -0.127. The van der Waals surface area contributed by atoms with Crippen LogP contribution in [0.2, 0.25) is 5.02 Å². The normalized spacial score (nSPS) is 21.2. The molecule has 178 valence electrons. The molecule has 3 heterocycles. The maximum absolute atomic E-state index is 13.0. The van der Waals surface area contributed by atoms with Gasteiger partial charge >= 0.3 is 5.97 Å². The van der Waals surface area contributed by atoms with Gasteiger partial charge in [-0.05, 0) is 36.4 Å². The number of hydrogen-bond acceptors (Lipinski definition) is 9. The van der Waals surface area contributed by atoms with E-state index >= 15 is 0 Å². The second-order valence-corrected chi connectivity index (χ2v) is 9.66. The predicted octanol–water partition coefficient (Wildman–Crippen LogP) is 2.46. The number of rotatable bonds is 6. The average molecular weight is 503 g/mol. The molecule has 0 bridgehead atoms. The van der Waals surface area contributed by atoms with E-state index in [9.17, 15) is 14.7 Å². The third-order valence-corrected chi connectivity index (χ3v) is 7.35. The van der Waals surface area contributed by atoms with Crippen molar-refractivity contribution in [1.82, 2.24) is 9.88 Å². The Balaban J connectivity index is 1.62. The molecule has 5 N–H and O–H groups in total. The summed E-state index contributed by atoms with van der Waals surface area (Å²) in [5.74, 6) is -2.81. The Hall–Kier alpha value is -3.12. The zero-order chi connectivity index (χ0) is 24.0. The van der Waals surface area contributed by atoms with E-state index in [1.54, 1.807) is 18.2 Å². The van der Waals surface area contributed by atoms with E-state index in [0.29, 0.717) is 42.1 Å². The number of halogens is 1. The van der Waals surface area contributed by atoms with Crippen LogP contribution in [0, 0.1) is 0 Å². The van der Waals surface area contributed by atoms with Crippen LogP contribution in [-0.4, -0.2) is 72.0 Å². The van der Waals surface area contributed by atoms with E-state index in [4.69, 9.17) is 22.1 Å². The number of primary amides is 1. The minimum Gasteiger partial charge on any atom is -0.478 e. The van der Waals surface area contributed by atoms with Gasteiger partial charge in [0.05, 0.1) is 40.4 Å². The summed E-state index contributed by atoms with van der Waals surface area (Å²) >= 11 is 7.55. The van der Waals surface area contributed by atoms with E-state index in [1.807, 2.05) is 29.0 Å². The van der Waals surface area contributed by atoms with Gasteiger partial charge in [-0.1, -0.05) is 22.9 Å². The van der Waals surface area contributed by atoms with Crippen LogP contribution in [0.5, 0.6) is 0 Å². The van der Waals surface area contributed by atoms with Crippen molar-refractivity contribution in [1.29, 1.82) is 0 Å². The molecule has 1 amide bonds. The number of carboxylic acid groups (broad SMARTS) is 1. The lowest BCUT2D eigenvalue weighted by Crippen LogP contribution is -2.72. The van der Waals surface area contributed by atoms with Crippen molar-refractivity contribution in [3.05, 3.63) is 47.0 Å². The van der Waals surface area contributed by atoms with Gasteiger partial charge < -0.3 is 31.1 Å². The Bertz CT molecular complexity index is 1280. The number of fused-ring (bicyclic) bond motifs is 2. The monoisotopic (exact) mass is 502 g/mol. The molecule has 12 heteroatoms. The summed E-state index contributed by atoms with van der Waals surface area (Å²) in [6.45, 7) is 1.97. The van der Waals surface area contributed by atoms with Gasteiger partial charge in [0.15, 0.2) is 11.2 Å². The molecular formula is C22H23ClN6O4S. The molecule has 34 heavy (non-hydrogen) atoms. The first-order valence-electron chi connectivity index (χ1n) is 10.6. The van der Waals surface area contributed by atoms with Gasteiger partial charge in [0.2, 0.25) is 11.7 Å². The highest BCUT2D eigenvalue weighted by molar-refractivity contribution is 7.22. The number of aromatic carboxylic acids is 1. The Labute approximate surface area is 204 Å². The van der Waals surface area contributed by atoms with Gasteiger partial charge in [-0.25, -0.2) is 9.78 Å². The molecule has 5 rings (SSSR count). The van der Waals surface area contributed by atoms with Crippen molar-refractivity contribution in [2.75, 3.05) is 48.9 Å². The summed E-state index contributed by atoms with van der Waals surface area (Å²) in [6, 6.07) is 9.39. The van der Waals surface area contributed by atoms with Gasteiger partial charge in [-0.2, -0.15) is 0 Å². The average Bonchev–Trinajstić information content (AvgIpc) is 3.31. The lowest BCUT2D eigenvalue weighted by Gasteiger charge is -2.47. The number of amides is 1. The minimum atomic E-state index is -1.24. The Morgan fingerprint density at radius 3 is 2.76 bits per heavy atom. The number of thiazole rings is 1. The maximum atomic E-state index is 13.0. The van der Waals surface area contributed by atoms with E-state index in [2.05, 4.69) is 15.6 Å². The third-order valence-electron chi connectivity index (χ3n) is 6.18. The number of morpholine rings is 1. The number of benzene rings is 2. The molecule has 0 spiro atoms. The van der Waals surface area contributed by atoms with Gasteiger partial charge in [0, 0.05) is 25.2 Å². The number of nitrogens with two attached hydrogens (primary N) is 1.